The zero-order chi connectivity index (χ0) is 14.7. The first-order valence-corrected chi connectivity index (χ1v) is 6.82. The third-order valence-corrected chi connectivity index (χ3v) is 3.70. The van der Waals surface area contributed by atoms with Crippen LogP contribution in [0, 0.1) is 0 Å². The van der Waals surface area contributed by atoms with Crippen LogP contribution < -0.4 is 5.32 Å². The van der Waals surface area contributed by atoms with Crippen molar-refractivity contribution < 1.29 is 9.90 Å². The van der Waals surface area contributed by atoms with E-state index in [0.29, 0.717) is 16.3 Å². The molecule has 0 spiro atoms. The predicted octanol–water partition coefficient (Wildman–Crippen LogP) is 4.88. The molecule has 2 rings (SSSR count). The first kappa shape index (κ1) is 15.0. The molecule has 0 aromatic heterocycles. The fraction of sp³-hybridized carbons (Fsp3) is 0.0714. The van der Waals surface area contributed by atoms with Gasteiger partial charge >= 0.3 is 5.97 Å². The molecule has 0 heterocycles. The molecular weight excluding hydrogens is 321 g/mol. The zero-order valence-corrected chi connectivity index (χ0v) is 12.4. The van der Waals surface area contributed by atoms with Gasteiger partial charge in [0.05, 0.1) is 10.7 Å². The average Bonchev–Trinajstić information content (AvgIpc) is 2.39. The van der Waals surface area contributed by atoms with Crippen LogP contribution in [0.3, 0.4) is 0 Å². The van der Waals surface area contributed by atoms with Crippen molar-refractivity contribution in [1.29, 1.82) is 0 Å². The van der Waals surface area contributed by atoms with E-state index in [2.05, 4.69) is 5.32 Å². The molecule has 20 heavy (non-hydrogen) atoms. The Labute approximate surface area is 131 Å². The van der Waals surface area contributed by atoms with E-state index in [-0.39, 0.29) is 10.0 Å². The Morgan fingerprint density at radius 3 is 2.05 bits per heavy atom. The second-order valence-electron chi connectivity index (χ2n) is 4.03. The number of carboxylic acid groups (broad SMARTS) is 1. The van der Waals surface area contributed by atoms with Crippen molar-refractivity contribution in [3.05, 3.63) is 63.1 Å². The number of para-hydroxylation sites is 1. The summed E-state index contributed by atoms with van der Waals surface area (Å²) in [6.07, 6.45) is 0. The van der Waals surface area contributed by atoms with Crippen LogP contribution in [0.25, 0.3) is 0 Å². The van der Waals surface area contributed by atoms with Crippen LogP contribution in [0.15, 0.2) is 42.5 Å². The molecule has 0 radical (unpaired) electrons. The van der Waals surface area contributed by atoms with E-state index in [4.69, 9.17) is 34.8 Å². The van der Waals surface area contributed by atoms with Crippen molar-refractivity contribution >= 4 is 46.5 Å². The van der Waals surface area contributed by atoms with Gasteiger partial charge in [0.2, 0.25) is 0 Å². The van der Waals surface area contributed by atoms with E-state index >= 15 is 0 Å². The zero-order valence-electron chi connectivity index (χ0n) is 10.1. The van der Waals surface area contributed by atoms with Gasteiger partial charge < -0.3 is 10.4 Å². The summed E-state index contributed by atoms with van der Waals surface area (Å²) in [4.78, 5) is 11.5. The highest BCUT2D eigenvalue weighted by atomic mass is 35.5. The van der Waals surface area contributed by atoms with Gasteiger partial charge in [-0.2, -0.15) is 0 Å². The minimum absolute atomic E-state index is 0.282. The molecule has 2 N–H and O–H groups in total. The lowest BCUT2D eigenvalue weighted by molar-refractivity contribution is -0.138. The number of benzene rings is 2. The Hall–Kier alpha value is -1.42. The van der Waals surface area contributed by atoms with Gasteiger partial charge in [-0.1, -0.05) is 53.0 Å². The van der Waals surface area contributed by atoms with Crippen LogP contribution in [-0.4, -0.2) is 11.1 Å². The smallest absolute Gasteiger partial charge is 0.330 e. The van der Waals surface area contributed by atoms with Crippen LogP contribution in [0.2, 0.25) is 15.1 Å². The molecule has 104 valence electrons. The molecule has 0 bridgehead atoms. The Morgan fingerprint density at radius 1 is 0.950 bits per heavy atom. The average molecular weight is 331 g/mol. The topological polar surface area (TPSA) is 49.3 Å². The molecule has 0 aliphatic heterocycles. The van der Waals surface area contributed by atoms with E-state index in [0.717, 1.165) is 0 Å². The quantitative estimate of drug-likeness (QED) is 0.839. The minimum Gasteiger partial charge on any atom is -0.479 e. The summed E-state index contributed by atoms with van der Waals surface area (Å²) in [5, 5.41) is 13.2. The van der Waals surface area contributed by atoms with Gasteiger partial charge in [-0.3, -0.25) is 0 Å². The summed E-state index contributed by atoms with van der Waals surface area (Å²) < 4.78 is 0. The van der Waals surface area contributed by atoms with Gasteiger partial charge in [-0.25, -0.2) is 4.79 Å². The van der Waals surface area contributed by atoms with Gasteiger partial charge in [0, 0.05) is 15.6 Å². The minimum atomic E-state index is -1.10. The number of carboxylic acids is 1. The number of halogens is 3. The Kier molecular flexibility index (Phi) is 4.76. The van der Waals surface area contributed by atoms with E-state index < -0.39 is 12.0 Å². The van der Waals surface area contributed by atoms with E-state index in [1.807, 2.05) is 0 Å². The molecule has 3 nitrogen and oxygen atoms in total. The molecular formula is C14H10Cl3NO2. The van der Waals surface area contributed by atoms with Crippen molar-refractivity contribution in [1.82, 2.24) is 0 Å². The molecule has 0 fully saturated rings. The van der Waals surface area contributed by atoms with Crippen molar-refractivity contribution in [2.24, 2.45) is 0 Å². The van der Waals surface area contributed by atoms with E-state index in [9.17, 15) is 9.90 Å². The fourth-order valence-corrected chi connectivity index (χ4v) is 2.58. The number of rotatable bonds is 4. The maximum atomic E-state index is 11.5. The van der Waals surface area contributed by atoms with Gasteiger partial charge in [-0.05, 0) is 24.3 Å². The lowest BCUT2D eigenvalue weighted by atomic mass is 10.1. The summed E-state index contributed by atoms with van der Waals surface area (Å²) in [6, 6.07) is 10.6. The monoisotopic (exact) mass is 329 g/mol. The second-order valence-corrected chi connectivity index (χ2v) is 5.25. The molecule has 6 heteroatoms. The highest BCUT2D eigenvalue weighted by molar-refractivity contribution is 6.36. The molecule has 2 aromatic rings. The highest BCUT2D eigenvalue weighted by Crippen LogP contribution is 2.34. The van der Waals surface area contributed by atoms with Gasteiger partial charge in [0.1, 0.15) is 0 Å². The third-order valence-electron chi connectivity index (χ3n) is 2.71. The Morgan fingerprint density at radius 2 is 1.50 bits per heavy atom. The van der Waals surface area contributed by atoms with Crippen molar-refractivity contribution in [2.45, 2.75) is 6.04 Å². The number of hydrogen-bond donors (Lipinski definition) is 2. The van der Waals surface area contributed by atoms with Crippen molar-refractivity contribution in [3.8, 4) is 0 Å². The van der Waals surface area contributed by atoms with Crippen LogP contribution >= 0.6 is 34.8 Å². The lowest BCUT2D eigenvalue weighted by Crippen LogP contribution is -2.21. The molecule has 1 atom stereocenters. The number of carbonyl (C=O) groups is 1. The number of aliphatic carboxylic acids is 1. The van der Waals surface area contributed by atoms with Gasteiger partial charge in [-0.15, -0.1) is 0 Å². The van der Waals surface area contributed by atoms with Gasteiger partial charge in [0.15, 0.2) is 6.04 Å². The van der Waals surface area contributed by atoms with E-state index in [1.165, 1.54) is 0 Å². The van der Waals surface area contributed by atoms with Gasteiger partial charge in [0.25, 0.3) is 0 Å². The number of hydrogen-bond acceptors (Lipinski definition) is 2. The van der Waals surface area contributed by atoms with Crippen LogP contribution in [0.4, 0.5) is 5.69 Å². The Balaban J connectivity index is 2.43. The Bertz CT molecular complexity index is 626. The lowest BCUT2D eigenvalue weighted by Gasteiger charge is -2.19. The third kappa shape index (κ3) is 3.18. The molecule has 0 saturated heterocycles. The van der Waals surface area contributed by atoms with Crippen LogP contribution in [0.5, 0.6) is 0 Å². The standard InChI is InChI=1S/C14H10Cl3NO2/c15-8-4-1-2-7-11(8)18-13(14(19)20)12-9(16)5-3-6-10(12)17/h1-7,13,18H,(H,19,20). The first-order valence-electron chi connectivity index (χ1n) is 5.68. The summed E-state index contributed by atoms with van der Waals surface area (Å²) in [6.45, 7) is 0. The largest absolute Gasteiger partial charge is 0.479 e. The molecule has 1 unspecified atom stereocenters. The number of anilines is 1. The first-order chi connectivity index (χ1) is 9.50. The van der Waals surface area contributed by atoms with Crippen LogP contribution in [0.1, 0.15) is 11.6 Å². The molecule has 0 aliphatic rings. The normalized spacial score (nSPS) is 11.9. The second kappa shape index (κ2) is 6.35. The highest BCUT2D eigenvalue weighted by Gasteiger charge is 2.25. The summed E-state index contributed by atoms with van der Waals surface area (Å²) >= 11 is 18.1. The summed E-state index contributed by atoms with van der Waals surface area (Å²) in [5.41, 5.74) is 0.806. The molecule has 0 amide bonds. The molecule has 0 aliphatic carbocycles. The van der Waals surface area contributed by atoms with Crippen molar-refractivity contribution in [2.75, 3.05) is 5.32 Å². The maximum Gasteiger partial charge on any atom is 0.330 e. The molecule has 0 saturated carbocycles. The van der Waals surface area contributed by atoms with Crippen molar-refractivity contribution in [3.63, 3.8) is 0 Å². The molecule has 2 aromatic carbocycles. The SMILES string of the molecule is O=C(O)C(Nc1ccccc1Cl)c1c(Cl)cccc1Cl. The summed E-state index contributed by atoms with van der Waals surface area (Å²) in [5.74, 6) is -1.10. The predicted molar refractivity (Wildman–Crippen MR) is 81.9 cm³/mol. The van der Waals surface area contributed by atoms with Crippen LogP contribution in [-0.2, 0) is 4.79 Å². The van der Waals surface area contributed by atoms with E-state index in [1.54, 1.807) is 42.5 Å². The fourth-order valence-electron chi connectivity index (χ4n) is 1.78. The maximum absolute atomic E-state index is 11.5. The summed E-state index contributed by atoms with van der Waals surface area (Å²) in [7, 11) is 0. The number of nitrogens with one attached hydrogen (secondary N) is 1.